The van der Waals surface area contributed by atoms with Gasteiger partial charge in [-0.25, -0.2) is 0 Å². The lowest BCUT2D eigenvalue weighted by Gasteiger charge is -2.00. The van der Waals surface area contributed by atoms with E-state index >= 15 is 0 Å². The van der Waals surface area contributed by atoms with Crippen molar-refractivity contribution in [2.45, 2.75) is 13.1 Å². The van der Waals surface area contributed by atoms with Gasteiger partial charge in [0.05, 0.1) is 34.6 Å². The van der Waals surface area contributed by atoms with Crippen molar-refractivity contribution >= 4 is 21.5 Å². The zero-order valence-corrected chi connectivity index (χ0v) is 15.9. The number of nitrogens with zero attached hydrogens (tertiary/aromatic N) is 2. The van der Waals surface area contributed by atoms with Gasteiger partial charge in [-0.1, -0.05) is 60.7 Å². The topological polar surface area (TPSA) is 78.1 Å². The first-order chi connectivity index (χ1) is 14.5. The first-order valence-corrected chi connectivity index (χ1v) is 9.53. The van der Waals surface area contributed by atoms with Crippen molar-refractivity contribution < 1.29 is 0 Å². The van der Waals surface area contributed by atoms with Crippen LogP contribution in [-0.2, 0) is 13.1 Å². The van der Waals surface area contributed by atoms with E-state index in [9.17, 15) is 19.2 Å². The fourth-order valence-electron chi connectivity index (χ4n) is 3.89. The Labute approximate surface area is 169 Å². The van der Waals surface area contributed by atoms with E-state index in [0.717, 1.165) is 20.3 Å². The molecule has 0 aliphatic carbocycles. The molecule has 0 saturated heterocycles. The Morgan fingerprint density at radius 3 is 1.07 bits per heavy atom. The predicted molar refractivity (Wildman–Crippen MR) is 116 cm³/mol. The number of hydrogen-bond donors (Lipinski definition) is 0. The van der Waals surface area contributed by atoms with Crippen molar-refractivity contribution in [1.82, 2.24) is 9.13 Å². The summed E-state index contributed by atoms with van der Waals surface area (Å²) in [6.45, 7) is 0.278. The lowest BCUT2D eigenvalue weighted by atomic mass is 10.1. The summed E-state index contributed by atoms with van der Waals surface area (Å²) in [5.41, 5.74) is -0.180. The molecule has 0 bridgehead atoms. The van der Waals surface area contributed by atoms with Gasteiger partial charge in [0.25, 0.3) is 22.2 Å². The minimum atomic E-state index is -0.455. The van der Waals surface area contributed by atoms with E-state index in [1.165, 1.54) is 12.1 Å². The van der Waals surface area contributed by atoms with Crippen LogP contribution in [0.15, 0.2) is 92.0 Å². The van der Waals surface area contributed by atoms with Gasteiger partial charge in [-0.3, -0.25) is 28.3 Å². The summed E-state index contributed by atoms with van der Waals surface area (Å²) in [5, 5.41) is 0.657. The number of benzene rings is 3. The fraction of sp³-hybridized carbons (Fsp3) is 0.0833. The molecule has 0 N–H and O–H groups in total. The van der Waals surface area contributed by atoms with Gasteiger partial charge in [0.15, 0.2) is 0 Å². The molecule has 0 atom stereocenters. The van der Waals surface area contributed by atoms with Crippen molar-refractivity contribution in [3.05, 3.63) is 125 Å². The SMILES string of the molecule is O=c1c2cc3c(=O)n(Cc4ccccc4)c(=O)c3cc2c(=O)n1Cc1ccccc1. The standard InChI is InChI=1S/C24H16N2O4/c27-21-17-11-19-20(24(30)26(23(19)29)14-16-9-5-2-6-10-16)12-18(17)22(28)25(21)13-15-7-3-1-4-8-15/h1-12H,13-14H2. The first-order valence-electron chi connectivity index (χ1n) is 9.53. The van der Waals surface area contributed by atoms with E-state index in [-0.39, 0.29) is 34.6 Å². The maximum absolute atomic E-state index is 12.9. The lowest BCUT2D eigenvalue weighted by Crippen LogP contribution is -2.26. The lowest BCUT2D eigenvalue weighted by molar-refractivity contribution is 0.753. The Hall–Kier alpha value is -4.06. The zero-order valence-electron chi connectivity index (χ0n) is 15.9. The van der Waals surface area contributed by atoms with E-state index in [2.05, 4.69) is 0 Å². The van der Waals surface area contributed by atoms with Gasteiger partial charge in [-0.15, -0.1) is 0 Å². The molecule has 0 aliphatic rings. The summed E-state index contributed by atoms with van der Waals surface area (Å²) in [7, 11) is 0. The molecule has 5 aromatic rings. The van der Waals surface area contributed by atoms with Crippen LogP contribution in [0.1, 0.15) is 11.1 Å². The number of fused-ring (bicyclic) bond motifs is 2. The number of aromatic nitrogens is 2. The highest BCUT2D eigenvalue weighted by atomic mass is 16.2. The van der Waals surface area contributed by atoms with Crippen molar-refractivity contribution in [2.24, 2.45) is 0 Å². The molecule has 0 amide bonds. The quantitative estimate of drug-likeness (QED) is 0.466. The molecule has 0 saturated carbocycles. The van der Waals surface area contributed by atoms with E-state index in [1.54, 1.807) is 0 Å². The monoisotopic (exact) mass is 396 g/mol. The summed E-state index contributed by atoms with van der Waals surface area (Å²) in [6.07, 6.45) is 0. The molecule has 0 aliphatic heterocycles. The Bertz CT molecular complexity index is 1410. The van der Waals surface area contributed by atoms with Crippen LogP contribution in [0.3, 0.4) is 0 Å². The molecule has 2 heterocycles. The Balaban J connectivity index is 1.69. The summed E-state index contributed by atoms with van der Waals surface area (Å²) in [4.78, 5) is 51.5. The molecule has 0 radical (unpaired) electrons. The average Bonchev–Trinajstić information content (AvgIpc) is 3.14. The van der Waals surface area contributed by atoms with Gasteiger partial charge in [-0.2, -0.15) is 0 Å². The average molecular weight is 396 g/mol. The third kappa shape index (κ3) is 2.73. The molecule has 2 aromatic heterocycles. The van der Waals surface area contributed by atoms with Crippen molar-refractivity contribution in [2.75, 3.05) is 0 Å². The highest BCUT2D eigenvalue weighted by Crippen LogP contribution is 2.15. The Morgan fingerprint density at radius 1 is 0.467 bits per heavy atom. The third-order valence-corrected chi connectivity index (χ3v) is 5.43. The molecule has 5 rings (SSSR count). The van der Waals surface area contributed by atoms with Gasteiger partial charge in [0, 0.05) is 0 Å². The zero-order chi connectivity index (χ0) is 20.8. The van der Waals surface area contributed by atoms with Crippen LogP contribution >= 0.6 is 0 Å². The second-order valence-electron chi connectivity index (χ2n) is 7.31. The molecule has 0 unspecified atom stereocenters. The Kier molecular flexibility index (Phi) is 4.06. The predicted octanol–water partition coefficient (Wildman–Crippen LogP) is 2.01. The van der Waals surface area contributed by atoms with Crippen LogP contribution in [0, 0.1) is 0 Å². The minimum absolute atomic E-state index is 0.139. The molecule has 3 aromatic carbocycles. The van der Waals surface area contributed by atoms with Crippen LogP contribution < -0.4 is 22.2 Å². The normalized spacial score (nSPS) is 11.5. The second-order valence-corrected chi connectivity index (χ2v) is 7.31. The number of rotatable bonds is 4. The molecule has 6 heteroatoms. The molecular formula is C24H16N2O4. The molecule has 6 nitrogen and oxygen atoms in total. The maximum Gasteiger partial charge on any atom is 0.261 e. The van der Waals surface area contributed by atoms with Gasteiger partial charge in [0.1, 0.15) is 0 Å². The van der Waals surface area contributed by atoms with Crippen molar-refractivity contribution in [3.63, 3.8) is 0 Å². The van der Waals surface area contributed by atoms with E-state index in [0.29, 0.717) is 0 Å². The summed E-state index contributed by atoms with van der Waals surface area (Å²) in [6, 6.07) is 21.2. The highest BCUT2D eigenvalue weighted by molar-refractivity contribution is 5.97. The minimum Gasteiger partial charge on any atom is -0.270 e. The van der Waals surface area contributed by atoms with E-state index in [1.807, 2.05) is 60.7 Å². The van der Waals surface area contributed by atoms with Gasteiger partial charge in [0.2, 0.25) is 0 Å². The van der Waals surface area contributed by atoms with Crippen LogP contribution in [0.4, 0.5) is 0 Å². The van der Waals surface area contributed by atoms with Gasteiger partial charge >= 0.3 is 0 Å². The van der Waals surface area contributed by atoms with Gasteiger partial charge < -0.3 is 0 Å². The molecular weight excluding hydrogens is 380 g/mol. The smallest absolute Gasteiger partial charge is 0.261 e. The van der Waals surface area contributed by atoms with Gasteiger partial charge in [-0.05, 0) is 23.3 Å². The summed E-state index contributed by atoms with van der Waals surface area (Å²) in [5.74, 6) is 0. The van der Waals surface area contributed by atoms with E-state index < -0.39 is 22.2 Å². The van der Waals surface area contributed by atoms with E-state index in [4.69, 9.17) is 0 Å². The van der Waals surface area contributed by atoms with Crippen LogP contribution in [-0.4, -0.2) is 9.13 Å². The third-order valence-electron chi connectivity index (χ3n) is 5.43. The maximum atomic E-state index is 12.9. The molecule has 30 heavy (non-hydrogen) atoms. The van der Waals surface area contributed by atoms with Crippen LogP contribution in [0.2, 0.25) is 0 Å². The molecule has 0 spiro atoms. The second kappa shape index (κ2) is 6.77. The summed E-state index contributed by atoms with van der Waals surface area (Å²) >= 11 is 0. The molecule has 146 valence electrons. The van der Waals surface area contributed by atoms with Crippen LogP contribution in [0.5, 0.6) is 0 Å². The molecule has 0 fully saturated rings. The number of hydrogen-bond acceptors (Lipinski definition) is 4. The summed E-state index contributed by atoms with van der Waals surface area (Å²) < 4.78 is 2.29. The first kappa shape index (κ1) is 18.0. The van der Waals surface area contributed by atoms with Crippen molar-refractivity contribution in [3.8, 4) is 0 Å². The Morgan fingerprint density at radius 2 is 0.767 bits per heavy atom. The highest BCUT2D eigenvalue weighted by Gasteiger charge is 2.19. The van der Waals surface area contributed by atoms with Crippen LogP contribution in [0.25, 0.3) is 21.5 Å². The largest absolute Gasteiger partial charge is 0.270 e. The van der Waals surface area contributed by atoms with Crippen molar-refractivity contribution in [1.29, 1.82) is 0 Å². The fourth-order valence-corrected chi connectivity index (χ4v) is 3.89.